The molecule has 24 heavy (non-hydrogen) atoms. The zero-order chi connectivity index (χ0) is 16.7. The molecule has 0 radical (unpaired) electrons. The number of esters is 1. The maximum absolute atomic E-state index is 12.9. The van der Waals surface area contributed by atoms with Gasteiger partial charge < -0.3 is 19.1 Å². The Morgan fingerprint density at radius 2 is 2.04 bits per heavy atom. The first-order valence-electron chi connectivity index (χ1n) is 8.44. The molecule has 6 nitrogen and oxygen atoms in total. The van der Waals surface area contributed by atoms with Crippen LogP contribution in [-0.4, -0.2) is 49.7 Å². The van der Waals surface area contributed by atoms with Gasteiger partial charge in [0.1, 0.15) is 11.9 Å². The maximum atomic E-state index is 12.9. The Balaban J connectivity index is 1.59. The Morgan fingerprint density at radius 1 is 1.25 bits per heavy atom. The van der Waals surface area contributed by atoms with Gasteiger partial charge in [0.25, 0.3) is 0 Å². The predicted octanol–water partition coefficient (Wildman–Crippen LogP) is 1.93. The number of carbonyl (C=O) groups is 2. The molecule has 0 N–H and O–H groups in total. The van der Waals surface area contributed by atoms with E-state index < -0.39 is 0 Å². The van der Waals surface area contributed by atoms with Crippen molar-refractivity contribution in [2.75, 3.05) is 26.9 Å². The third kappa shape index (κ3) is 2.55. The lowest BCUT2D eigenvalue weighted by molar-refractivity contribution is -0.139. The normalized spacial score (nSPS) is 25.8. The molecule has 4 rings (SSSR count). The van der Waals surface area contributed by atoms with Crippen molar-refractivity contribution in [1.82, 2.24) is 4.90 Å². The van der Waals surface area contributed by atoms with Crippen LogP contribution in [0.15, 0.2) is 18.2 Å². The summed E-state index contributed by atoms with van der Waals surface area (Å²) in [5.74, 6) is 0.575. The molecule has 3 heterocycles. The molecule has 128 valence electrons. The Bertz CT molecular complexity index is 667. The number of likely N-dealkylation sites (tertiary alicyclic amines) is 1. The Kier molecular flexibility index (Phi) is 3.92. The van der Waals surface area contributed by atoms with Crippen molar-refractivity contribution in [3.8, 4) is 5.75 Å². The molecular formula is C18H21NO5. The van der Waals surface area contributed by atoms with E-state index in [0.717, 1.165) is 24.8 Å². The minimum absolute atomic E-state index is 0.000752. The molecular weight excluding hydrogens is 310 g/mol. The van der Waals surface area contributed by atoms with Crippen LogP contribution < -0.4 is 4.74 Å². The van der Waals surface area contributed by atoms with Gasteiger partial charge in [0.05, 0.1) is 25.3 Å². The third-order valence-corrected chi connectivity index (χ3v) is 5.20. The van der Waals surface area contributed by atoms with Crippen molar-refractivity contribution in [3.63, 3.8) is 0 Å². The second-order valence-corrected chi connectivity index (χ2v) is 6.61. The average molecular weight is 331 g/mol. The molecule has 0 saturated carbocycles. The fourth-order valence-electron chi connectivity index (χ4n) is 3.94. The number of amides is 1. The van der Waals surface area contributed by atoms with E-state index >= 15 is 0 Å². The summed E-state index contributed by atoms with van der Waals surface area (Å²) in [7, 11) is 1.36. The molecule has 1 aromatic rings. The van der Waals surface area contributed by atoms with E-state index in [1.165, 1.54) is 7.11 Å². The number of benzene rings is 1. The van der Waals surface area contributed by atoms with Crippen LogP contribution in [0.1, 0.15) is 41.2 Å². The molecule has 2 atom stereocenters. The van der Waals surface area contributed by atoms with Crippen molar-refractivity contribution < 1.29 is 23.8 Å². The highest BCUT2D eigenvalue weighted by Gasteiger charge is 2.44. The summed E-state index contributed by atoms with van der Waals surface area (Å²) in [5.41, 5.74) is 1.46. The van der Waals surface area contributed by atoms with E-state index in [0.29, 0.717) is 31.1 Å². The predicted molar refractivity (Wildman–Crippen MR) is 84.8 cm³/mol. The van der Waals surface area contributed by atoms with Crippen LogP contribution in [0.4, 0.5) is 0 Å². The topological polar surface area (TPSA) is 65.1 Å². The molecule has 0 spiro atoms. The van der Waals surface area contributed by atoms with Crippen LogP contribution in [0.3, 0.4) is 0 Å². The van der Waals surface area contributed by atoms with E-state index in [1.807, 2.05) is 11.0 Å². The lowest BCUT2D eigenvalue weighted by atomic mass is 9.95. The van der Waals surface area contributed by atoms with Crippen molar-refractivity contribution in [3.05, 3.63) is 29.3 Å². The van der Waals surface area contributed by atoms with Crippen molar-refractivity contribution in [2.24, 2.45) is 5.92 Å². The number of nitrogens with zero attached hydrogens (tertiary/aromatic N) is 1. The summed E-state index contributed by atoms with van der Waals surface area (Å²) < 4.78 is 16.1. The van der Waals surface area contributed by atoms with Gasteiger partial charge in [0.2, 0.25) is 5.91 Å². The largest absolute Gasteiger partial charge is 0.488 e. The zero-order valence-corrected chi connectivity index (χ0v) is 13.7. The summed E-state index contributed by atoms with van der Waals surface area (Å²) in [6.45, 7) is 1.94. The second kappa shape index (κ2) is 6.09. The lowest BCUT2D eigenvalue weighted by Crippen LogP contribution is -2.38. The molecule has 3 aliphatic rings. The van der Waals surface area contributed by atoms with Crippen molar-refractivity contribution in [1.29, 1.82) is 0 Å². The number of methoxy groups -OCH3 is 1. The summed E-state index contributed by atoms with van der Waals surface area (Å²) in [5, 5.41) is 0. The zero-order valence-electron chi connectivity index (χ0n) is 13.7. The molecule has 0 aromatic heterocycles. The highest BCUT2D eigenvalue weighted by atomic mass is 16.5. The van der Waals surface area contributed by atoms with Crippen LogP contribution in [0.25, 0.3) is 0 Å². The van der Waals surface area contributed by atoms with Crippen LogP contribution >= 0.6 is 0 Å². The highest BCUT2D eigenvalue weighted by molar-refractivity contribution is 5.90. The summed E-state index contributed by atoms with van der Waals surface area (Å²) in [4.78, 5) is 26.6. The van der Waals surface area contributed by atoms with Crippen LogP contribution in [-0.2, 0) is 14.3 Å². The molecule has 2 fully saturated rings. The van der Waals surface area contributed by atoms with Crippen LogP contribution in [0.2, 0.25) is 0 Å². The number of hydrogen-bond acceptors (Lipinski definition) is 5. The van der Waals surface area contributed by atoms with Gasteiger partial charge in [-0.2, -0.15) is 0 Å². The average Bonchev–Trinajstić information content (AvgIpc) is 2.98. The standard InChI is InChI=1S/C18H21NO5/c1-22-18(21)12-2-3-14-15-9-13(24-16(14)8-12)10-19(15)17(20)11-4-6-23-7-5-11/h2-3,8,11,13,15H,4-7,9-10H2,1H3/t13-,15-/m1/s1. The molecule has 1 amide bonds. The fourth-order valence-corrected chi connectivity index (χ4v) is 3.94. The minimum atomic E-state index is -0.380. The van der Waals surface area contributed by atoms with Gasteiger partial charge in [-0.1, -0.05) is 6.07 Å². The highest BCUT2D eigenvalue weighted by Crippen LogP contribution is 2.44. The molecule has 6 heteroatoms. The van der Waals surface area contributed by atoms with Gasteiger partial charge in [0, 0.05) is 31.1 Å². The quantitative estimate of drug-likeness (QED) is 0.775. The molecule has 2 saturated heterocycles. The number of carbonyl (C=O) groups excluding carboxylic acids is 2. The SMILES string of the molecule is COC(=O)c1ccc2c(c1)O[C@@H]1C[C@H]2N(C(=O)C2CCOCC2)C1. The number of ether oxygens (including phenoxy) is 3. The Morgan fingerprint density at radius 3 is 2.79 bits per heavy atom. The first-order chi connectivity index (χ1) is 11.7. The molecule has 0 unspecified atom stereocenters. The monoisotopic (exact) mass is 331 g/mol. The van der Waals surface area contributed by atoms with Gasteiger partial charge >= 0.3 is 5.97 Å². The van der Waals surface area contributed by atoms with Gasteiger partial charge in [-0.3, -0.25) is 4.79 Å². The first-order valence-corrected chi connectivity index (χ1v) is 8.44. The van der Waals surface area contributed by atoms with E-state index in [2.05, 4.69) is 0 Å². The lowest BCUT2D eigenvalue weighted by Gasteiger charge is -2.31. The van der Waals surface area contributed by atoms with Crippen LogP contribution in [0.5, 0.6) is 5.75 Å². The number of hydrogen-bond donors (Lipinski definition) is 0. The van der Waals surface area contributed by atoms with Crippen molar-refractivity contribution >= 4 is 11.9 Å². The summed E-state index contributed by atoms with van der Waals surface area (Å²) in [6.07, 6.45) is 2.40. The van der Waals surface area contributed by atoms with E-state index in [-0.39, 0.29) is 29.9 Å². The molecule has 1 aromatic carbocycles. The number of rotatable bonds is 2. The minimum Gasteiger partial charge on any atom is -0.488 e. The van der Waals surface area contributed by atoms with Gasteiger partial charge in [0.15, 0.2) is 0 Å². The fraction of sp³-hybridized carbons (Fsp3) is 0.556. The Labute approximate surface area is 140 Å². The summed E-state index contributed by atoms with van der Waals surface area (Å²) in [6, 6.07) is 5.39. The summed E-state index contributed by atoms with van der Waals surface area (Å²) >= 11 is 0. The van der Waals surface area contributed by atoms with Crippen LogP contribution in [0, 0.1) is 5.92 Å². The van der Waals surface area contributed by atoms with Crippen molar-refractivity contribution in [2.45, 2.75) is 31.4 Å². The van der Waals surface area contributed by atoms with E-state index in [1.54, 1.807) is 12.1 Å². The second-order valence-electron chi connectivity index (χ2n) is 6.61. The smallest absolute Gasteiger partial charge is 0.337 e. The third-order valence-electron chi connectivity index (χ3n) is 5.20. The Hall–Kier alpha value is -2.08. The molecule has 0 aliphatic carbocycles. The first kappa shape index (κ1) is 15.4. The molecule has 3 aliphatic heterocycles. The van der Waals surface area contributed by atoms with E-state index in [9.17, 15) is 9.59 Å². The van der Waals surface area contributed by atoms with Gasteiger partial charge in [-0.15, -0.1) is 0 Å². The van der Waals surface area contributed by atoms with Gasteiger partial charge in [-0.25, -0.2) is 4.79 Å². The van der Waals surface area contributed by atoms with E-state index in [4.69, 9.17) is 14.2 Å². The molecule has 2 bridgehead atoms. The maximum Gasteiger partial charge on any atom is 0.337 e. The number of fused-ring (bicyclic) bond motifs is 4. The van der Waals surface area contributed by atoms with Gasteiger partial charge in [-0.05, 0) is 25.0 Å².